The van der Waals surface area contributed by atoms with E-state index in [1.54, 1.807) is 0 Å². The monoisotopic (exact) mass is 182 g/mol. The number of hydrogen-bond donors (Lipinski definition) is 1. The van der Waals surface area contributed by atoms with Gasteiger partial charge >= 0.3 is 0 Å². The molecule has 1 unspecified atom stereocenters. The number of primary amides is 1. The van der Waals surface area contributed by atoms with E-state index in [2.05, 4.69) is 6.07 Å². The van der Waals surface area contributed by atoms with Crippen molar-refractivity contribution in [3.05, 3.63) is 0 Å². The van der Waals surface area contributed by atoms with Gasteiger partial charge in [-0.25, -0.2) is 0 Å². The molecule has 1 aliphatic heterocycles. The Bertz CT molecular complexity index is 235. The summed E-state index contributed by atoms with van der Waals surface area (Å²) in [6.07, 6.45) is 0. The zero-order valence-electron chi connectivity index (χ0n) is 7.73. The fraction of sp³-hybridized carbons (Fsp3) is 0.750. The third-order valence-electron chi connectivity index (χ3n) is 2.26. The Balaban J connectivity index is 2.46. The van der Waals surface area contributed by atoms with Crippen molar-refractivity contribution in [3.63, 3.8) is 0 Å². The number of nitrogens with zero attached hydrogens (tertiary/aromatic N) is 3. The summed E-state index contributed by atoms with van der Waals surface area (Å²) in [6, 6.07) is 2.07. The van der Waals surface area contributed by atoms with Gasteiger partial charge in [-0.2, -0.15) is 5.26 Å². The lowest BCUT2D eigenvalue weighted by Crippen LogP contribution is -2.52. The van der Waals surface area contributed by atoms with E-state index >= 15 is 0 Å². The van der Waals surface area contributed by atoms with Gasteiger partial charge in [0.2, 0.25) is 5.91 Å². The second-order valence-corrected chi connectivity index (χ2v) is 3.33. The molecule has 1 amide bonds. The smallest absolute Gasteiger partial charge is 0.231 e. The molecule has 1 heterocycles. The van der Waals surface area contributed by atoms with Crippen LogP contribution in [0.2, 0.25) is 0 Å². The van der Waals surface area contributed by atoms with Crippen LogP contribution in [-0.2, 0) is 4.79 Å². The maximum Gasteiger partial charge on any atom is 0.231 e. The molecule has 0 spiro atoms. The SMILES string of the molecule is CN1CCN(CC(N)=O)CC1C#N. The molecule has 1 saturated heterocycles. The third kappa shape index (κ3) is 2.68. The molecule has 2 N–H and O–H groups in total. The molecule has 1 atom stereocenters. The van der Waals surface area contributed by atoms with Gasteiger partial charge in [0.05, 0.1) is 12.6 Å². The van der Waals surface area contributed by atoms with Gasteiger partial charge in [0.15, 0.2) is 0 Å². The second-order valence-electron chi connectivity index (χ2n) is 3.33. The molecule has 0 bridgehead atoms. The van der Waals surface area contributed by atoms with Crippen molar-refractivity contribution < 1.29 is 4.79 Å². The lowest BCUT2D eigenvalue weighted by molar-refractivity contribution is -0.119. The van der Waals surface area contributed by atoms with Crippen molar-refractivity contribution >= 4 is 5.91 Å². The molecule has 0 radical (unpaired) electrons. The molecule has 1 aliphatic rings. The molecule has 0 aromatic heterocycles. The molecule has 13 heavy (non-hydrogen) atoms. The number of rotatable bonds is 2. The minimum Gasteiger partial charge on any atom is -0.369 e. The van der Waals surface area contributed by atoms with E-state index < -0.39 is 0 Å². The van der Waals surface area contributed by atoms with Gasteiger partial charge in [0.25, 0.3) is 0 Å². The van der Waals surface area contributed by atoms with Crippen molar-refractivity contribution in [2.24, 2.45) is 5.73 Å². The van der Waals surface area contributed by atoms with Crippen molar-refractivity contribution in [1.82, 2.24) is 9.80 Å². The van der Waals surface area contributed by atoms with Gasteiger partial charge < -0.3 is 5.73 Å². The van der Waals surface area contributed by atoms with Gasteiger partial charge in [0, 0.05) is 19.6 Å². The summed E-state index contributed by atoms with van der Waals surface area (Å²) in [4.78, 5) is 14.5. The first kappa shape index (κ1) is 9.96. The first-order chi connectivity index (χ1) is 6.13. The highest BCUT2D eigenvalue weighted by Gasteiger charge is 2.24. The van der Waals surface area contributed by atoms with Crippen LogP contribution < -0.4 is 5.73 Å². The molecule has 1 fully saturated rings. The fourth-order valence-corrected chi connectivity index (χ4v) is 1.43. The number of amides is 1. The van der Waals surface area contributed by atoms with Crippen molar-refractivity contribution in [1.29, 1.82) is 5.26 Å². The molecule has 1 rings (SSSR count). The number of nitriles is 1. The summed E-state index contributed by atoms with van der Waals surface area (Å²) in [5, 5.41) is 8.78. The summed E-state index contributed by atoms with van der Waals surface area (Å²) in [5.41, 5.74) is 5.07. The van der Waals surface area contributed by atoms with Crippen LogP contribution in [0.15, 0.2) is 0 Å². The highest BCUT2D eigenvalue weighted by atomic mass is 16.1. The molecule has 5 nitrogen and oxygen atoms in total. The van der Waals surface area contributed by atoms with Crippen LogP contribution >= 0.6 is 0 Å². The molecule has 5 heteroatoms. The van der Waals surface area contributed by atoms with E-state index in [-0.39, 0.29) is 18.5 Å². The summed E-state index contributed by atoms with van der Waals surface area (Å²) in [6.45, 7) is 2.48. The topological polar surface area (TPSA) is 73.4 Å². The Hall–Kier alpha value is -1.12. The number of hydrogen-bond acceptors (Lipinski definition) is 4. The third-order valence-corrected chi connectivity index (χ3v) is 2.26. The molecule has 0 aliphatic carbocycles. The normalized spacial score (nSPS) is 25.4. The second kappa shape index (κ2) is 4.21. The first-order valence-corrected chi connectivity index (χ1v) is 4.24. The number of carbonyl (C=O) groups excluding carboxylic acids is 1. The number of likely N-dealkylation sites (N-methyl/N-ethyl adjacent to an activating group) is 1. The quantitative estimate of drug-likeness (QED) is 0.570. The van der Waals surface area contributed by atoms with Crippen LogP contribution in [0, 0.1) is 11.3 Å². The highest BCUT2D eigenvalue weighted by molar-refractivity contribution is 5.75. The minimum absolute atomic E-state index is 0.118. The predicted octanol–water partition coefficient (Wildman–Crippen LogP) is -1.39. The van der Waals surface area contributed by atoms with Gasteiger partial charge in [-0.15, -0.1) is 0 Å². The van der Waals surface area contributed by atoms with Crippen LogP contribution in [-0.4, -0.2) is 55.0 Å². The van der Waals surface area contributed by atoms with Gasteiger partial charge in [-0.3, -0.25) is 14.6 Å². The van der Waals surface area contributed by atoms with E-state index in [4.69, 9.17) is 11.0 Å². The van der Waals surface area contributed by atoms with Crippen molar-refractivity contribution in [2.75, 3.05) is 33.2 Å². The van der Waals surface area contributed by atoms with E-state index in [0.717, 1.165) is 13.1 Å². The Labute approximate surface area is 77.7 Å². The number of piperazine rings is 1. The Kier molecular flexibility index (Phi) is 3.23. The zero-order chi connectivity index (χ0) is 9.84. The summed E-state index contributed by atoms with van der Waals surface area (Å²) < 4.78 is 0. The Morgan fingerprint density at radius 3 is 2.92 bits per heavy atom. The Morgan fingerprint density at radius 2 is 2.38 bits per heavy atom. The van der Waals surface area contributed by atoms with Crippen LogP contribution in [0.3, 0.4) is 0 Å². The minimum atomic E-state index is -0.332. The summed E-state index contributed by atoms with van der Waals surface area (Å²) in [5.74, 6) is -0.332. The summed E-state index contributed by atoms with van der Waals surface area (Å²) in [7, 11) is 1.91. The lowest BCUT2D eigenvalue weighted by Gasteiger charge is -2.35. The van der Waals surface area contributed by atoms with E-state index in [0.29, 0.717) is 6.54 Å². The van der Waals surface area contributed by atoms with Crippen LogP contribution in [0.4, 0.5) is 0 Å². The van der Waals surface area contributed by atoms with Gasteiger partial charge in [-0.1, -0.05) is 0 Å². The maximum atomic E-state index is 10.6. The average Bonchev–Trinajstić information content (AvgIpc) is 2.07. The number of carbonyl (C=O) groups is 1. The van der Waals surface area contributed by atoms with Crippen LogP contribution in [0.25, 0.3) is 0 Å². The van der Waals surface area contributed by atoms with E-state index in [1.165, 1.54) is 0 Å². The average molecular weight is 182 g/mol. The van der Waals surface area contributed by atoms with Gasteiger partial charge in [-0.05, 0) is 7.05 Å². The van der Waals surface area contributed by atoms with Crippen LogP contribution in [0.1, 0.15) is 0 Å². The molecule has 0 aromatic rings. The lowest BCUT2D eigenvalue weighted by atomic mass is 10.2. The van der Waals surface area contributed by atoms with Gasteiger partial charge in [0.1, 0.15) is 6.04 Å². The molecular formula is C8H14N4O. The van der Waals surface area contributed by atoms with Crippen molar-refractivity contribution in [2.45, 2.75) is 6.04 Å². The van der Waals surface area contributed by atoms with Crippen LogP contribution in [0.5, 0.6) is 0 Å². The predicted molar refractivity (Wildman–Crippen MR) is 47.7 cm³/mol. The molecule has 0 saturated carbocycles. The van der Waals surface area contributed by atoms with E-state index in [1.807, 2.05) is 16.8 Å². The molecule has 0 aromatic carbocycles. The standard InChI is InChI=1S/C8H14N4O/c1-11-2-3-12(6-8(10)13)5-7(11)4-9/h7H,2-3,5-6H2,1H3,(H2,10,13). The van der Waals surface area contributed by atoms with E-state index in [9.17, 15) is 4.79 Å². The number of nitrogens with two attached hydrogens (primary N) is 1. The first-order valence-electron chi connectivity index (χ1n) is 4.24. The van der Waals surface area contributed by atoms with Crippen molar-refractivity contribution in [3.8, 4) is 6.07 Å². The molecular weight excluding hydrogens is 168 g/mol. The zero-order valence-corrected chi connectivity index (χ0v) is 7.73. The highest BCUT2D eigenvalue weighted by Crippen LogP contribution is 2.05. The maximum absolute atomic E-state index is 10.6. The summed E-state index contributed by atoms with van der Waals surface area (Å²) >= 11 is 0. The fourth-order valence-electron chi connectivity index (χ4n) is 1.43. The largest absolute Gasteiger partial charge is 0.369 e. The molecule has 72 valence electrons. The Morgan fingerprint density at radius 1 is 1.69 bits per heavy atom.